The highest BCUT2D eigenvalue weighted by Gasteiger charge is 2.02. The molecule has 17 heavy (non-hydrogen) atoms. The molecule has 0 aliphatic carbocycles. The summed E-state index contributed by atoms with van der Waals surface area (Å²) in [7, 11) is 2.14. The van der Waals surface area contributed by atoms with Crippen molar-refractivity contribution >= 4 is 17.4 Å². The highest BCUT2D eigenvalue weighted by molar-refractivity contribution is 6.28. The number of halogens is 1. The molecule has 0 radical (unpaired) electrons. The van der Waals surface area contributed by atoms with Crippen molar-refractivity contribution in [3.63, 3.8) is 0 Å². The highest BCUT2D eigenvalue weighted by Crippen LogP contribution is 2.11. The molecule has 1 aromatic rings. The van der Waals surface area contributed by atoms with Gasteiger partial charge in [0.25, 0.3) is 0 Å². The van der Waals surface area contributed by atoms with Crippen LogP contribution in [-0.2, 0) is 0 Å². The predicted octanol–water partition coefficient (Wildman–Crippen LogP) is 2.58. The summed E-state index contributed by atoms with van der Waals surface area (Å²) in [5.41, 5.74) is 1.02. The molecule has 96 valence electrons. The third-order valence-corrected chi connectivity index (χ3v) is 2.80. The minimum absolute atomic E-state index is 0.289. The zero-order valence-corrected chi connectivity index (χ0v) is 11.6. The Bertz CT molecular complexity index is 343. The second kappa shape index (κ2) is 7.45. The average molecular weight is 257 g/mol. The summed E-state index contributed by atoms with van der Waals surface area (Å²) in [4.78, 5) is 10.4. The van der Waals surface area contributed by atoms with Crippen molar-refractivity contribution in [3.05, 3.63) is 17.0 Å². The van der Waals surface area contributed by atoms with E-state index >= 15 is 0 Å². The number of likely N-dealkylation sites (N-methyl/N-ethyl adjacent to an activating group) is 1. The molecule has 0 unspecified atom stereocenters. The zero-order valence-electron chi connectivity index (χ0n) is 10.8. The Balaban J connectivity index is 2.32. The second-order valence-electron chi connectivity index (χ2n) is 4.25. The lowest BCUT2D eigenvalue weighted by molar-refractivity contribution is 0.340. The molecule has 1 aromatic heterocycles. The van der Waals surface area contributed by atoms with Crippen LogP contribution < -0.4 is 5.32 Å². The Morgan fingerprint density at radius 1 is 1.41 bits per heavy atom. The van der Waals surface area contributed by atoms with Gasteiger partial charge in [-0.2, -0.15) is 0 Å². The summed E-state index contributed by atoms with van der Waals surface area (Å²) in [6.07, 6.45) is 4.21. The number of anilines is 1. The molecule has 0 amide bonds. The number of unbranched alkanes of at least 4 members (excludes halogenated alkanes) is 1. The van der Waals surface area contributed by atoms with E-state index < -0.39 is 0 Å². The first kappa shape index (κ1) is 14.2. The van der Waals surface area contributed by atoms with Gasteiger partial charge in [-0.05, 0) is 38.5 Å². The van der Waals surface area contributed by atoms with Crippen LogP contribution in [0.1, 0.15) is 25.3 Å². The number of nitrogens with zero attached hydrogens (tertiary/aromatic N) is 3. The molecule has 5 heteroatoms. The second-order valence-corrected chi connectivity index (χ2v) is 4.59. The normalized spacial score (nSPS) is 10.9. The van der Waals surface area contributed by atoms with E-state index in [4.69, 9.17) is 11.6 Å². The van der Waals surface area contributed by atoms with Gasteiger partial charge in [0.05, 0.1) is 0 Å². The Labute approximate surface area is 108 Å². The SMILES string of the molecule is CCCCN(C)CCNc1nc(Cl)ncc1C. The number of aromatic nitrogens is 2. The minimum atomic E-state index is 0.289. The maximum Gasteiger partial charge on any atom is 0.224 e. The van der Waals surface area contributed by atoms with Crippen LogP contribution in [0.2, 0.25) is 5.28 Å². The lowest BCUT2D eigenvalue weighted by atomic mass is 10.3. The maximum atomic E-state index is 5.75. The molecule has 1 heterocycles. The van der Waals surface area contributed by atoms with Gasteiger partial charge in [0.15, 0.2) is 0 Å². The first-order valence-electron chi connectivity index (χ1n) is 6.05. The fraction of sp³-hybridized carbons (Fsp3) is 0.667. The largest absolute Gasteiger partial charge is 0.368 e. The van der Waals surface area contributed by atoms with Gasteiger partial charge in [0.1, 0.15) is 5.82 Å². The molecule has 0 saturated carbocycles. The Hall–Kier alpha value is -0.870. The molecule has 4 nitrogen and oxygen atoms in total. The van der Waals surface area contributed by atoms with E-state index in [-0.39, 0.29) is 5.28 Å². The summed E-state index contributed by atoms with van der Waals surface area (Å²) in [6.45, 7) is 7.19. The number of hydrogen-bond donors (Lipinski definition) is 1. The summed E-state index contributed by atoms with van der Waals surface area (Å²) < 4.78 is 0. The molecule has 0 aliphatic heterocycles. The third-order valence-electron chi connectivity index (χ3n) is 2.62. The van der Waals surface area contributed by atoms with Gasteiger partial charge in [-0.25, -0.2) is 9.97 Å². The summed E-state index contributed by atoms with van der Waals surface area (Å²) in [5.74, 6) is 0.828. The average Bonchev–Trinajstić information content (AvgIpc) is 2.31. The fourth-order valence-corrected chi connectivity index (χ4v) is 1.64. The number of nitrogens with one attached hydrogen (secondary N) is 1. The standard InChI is InChI=1S/C12H21ClN4/c1-4-5-7-17(3)8-6-14-11-10(2)9-15-12(13)16-11/h9H,4-8H2,1-3H3,(H,14,15,16). The summed E-state index contributed by atoms with van der Waals surface area (Å²) >= 11 is 5.75. The van der Waals surface area contributed by atoms with Crippen LogP contribution in [0, 0.1) is 6.92 Å². The van der Waals surface area contributed by atoms with Crippen molar-refractivity contribution in [1.82, 2.24) is 14.9 Å². The van der Waals surface area contributed by atoms with Crippen LogP contribution in [0.15, 0.2) is 6.20 Å². The van der Waals surface area contributed by atoms with Crippen molar-refractivity contribution < 1.29 is 0 Å². The molecule has 0 aromatic carbocycles. The van der Waals surface area contributed by atoms with Crippen molar-refractivity contribution in [1.29, 1.82) is 0 Å². The van der Waals surface area contributed by atoms with Crippen molar-refractivity contribution in [2.75, 3.05) is 32.0 Å². The van der Waals surface area contributed by atoms with Crippen LogP contribution in [0.5, 0.6) is 0 Å². The predicted molar refractivity (Wildman–Crippen MR) is 72.7 cm³/mol. The van der Waals surface area contributed by atoms with Crippen LogP contribution >= 0.6 is 11.6 Å². The highest BCUT2D eigenvalue weighted by atomic mass is 35.5. The molecular weight excluding hydrogens is 236 g/mol. The Kier molecular flexibility index (Phi) is 6.22. The number of hydrogen-bond acceptors (Lipinski definition) is 4. The summed E-state index contributed by atoms with van der Waals surface area (Å²) in [5, 5.41) is 3.57. The molecular formula is C12H21ClN4. The van der Waals surface area contributed by atoms with Gasteiger partial charge in [-0.15, -0.1) is 0 Å². The molecule has 0 aliphatic rings. The molecule has 0 atom stereocenters. The van der Waals surface area contributed by atoms with Crippen molar-refractivity contribution in [2.45, 2.75) is 26.7 Å². The Morgan fingerprint density at radius 3 is 2.88 bits per heavy atom. The first-order chi connectivity index (χ1) is 8.13. The van der Waals surface area contributed by atoms with Crippen LogP contribution in [0.4, 0.5) is 5.82 Å². The van der Waals surface area contributed by atoms with Gasteiger partial charge < -0.3 is 10.2 Å². The lowest BCUT2D eigenvalue weighted by Crippen LogP contribution is -2.26. The van der Waals surface area contributed by atoms with Crippen LogP contribution in [0.25, 0.3) is 0 Å². The van der Waals surface area contributed by atoms with E-state index in [1.54, 1.807) is 6.20 Å². The van der Waals surface area contributed by atoms with E-state index in [0.717, 1.165) is 31.0 Å². The van der Waals surface area contributed by atoms with E-state index in [1.165, 1.54) is 12.8 Å². The van der Waals surface area contributed by atoms with E-state index in [9.17, 15) is 0 Å². The van der Waals surface area contributed by atoms with Gasteiger partial charge >= 0.3 is 0 Å². The van der Waals surface area contributed by atoms with Crippen molar-refractivity contribution in [3.8, 4) is 0 Å². The number of aryl methyl sites for hydroxylation is 1. The van der Waals surface area contributed by atoms with E-state index in [0.29, 0.717) is 0 Å². The minimum Gasteiger partial charge on any atom is -0.368 e. The first-order valence-corrected chi connectivity index (χ1v) is 6.42. The van der Waals surface area contributed by atoms with Crippen molar-refractivity contribution in [2.24, 2.45) is 0 Å². The third kappa shape index (κ3) is 5.33. The molecule has 0 bridgehead atoms. The fourth-order valence-electron chi connectivity index (χ4n) is 1.50. The van der Waals surface area contributed by atoms with Gasteiger partial charge in [0, 0.05) is 24.8 Å². The zero-order chi connectivity index (χ0) is 12.7. The maximum absolute atomic E-state index is 5.75. The van der Waals surface area contributed by atoms with Gasteiger partial charge in [-0.1, -0.05) is 13.3 Å². The van der Waals surface area contributed by atoms with Gasteiger partial charge in [0.2, 0.25) is 5.28 Å². The van der Waals surface area contributed by atoms with Crippen LogP contribution in [-0.4, -0.2) is 41.5 Å². The molecule has 1 rings (SSSR count). The van der Waals surface area contributed by atoms with Gasteiger partial charge in [-0.3, -0.25) is 0 Å². The Morgan fingerprint density at radius 2 is 2.18 bits per heavy atom. The molecule has 0 saturated heterocycles. The van der Waals surface area contributed by atoms with E-state index in [1.807, 2.05) is 6.92 Å². The topological polar surface area (TPSA) is 41.0 Å². The quantitative estimate of drug-likeness (QED) is 0.762. The summed E-state index contributed by atoms with van der Waals surface area (Å²) in [6, 6.07) is 0. The monoisotopic (exact) mass is 256 g/mol. The smallest absolute Gasteiger partial charge is 0.224 e. The number of rotatable bonds is 7. The molecule has 0 spiro atoms. The van der Waals surface area contributed by atoms with Crippen LogP contribution in [0.3, 0.4) is 0 Å². The molecule has 1 N–H and O–H groups in total. The molecule has 0 fully saturated rings. The van der Waals surface area contributed by atoms with E-state index in [2.05, 4.69) is 34.2 Å². The lowest BCUT2D eigenvalue weighted by Gasteiger charge is -2.17.